The largest absolute Gasteiger partial charge is 0.251 e. The average Bonchev–Trinajstić information content (AvgIpc) is 2.38. The highest BCUT2D eigenvalue weighted by Crippen LogP contribution is 2.09. The van der Waals surface area contributed by atoms with Gasteiger partial charge in [-0.3, -0.25) is 4.68 Å². The Bertz CT molecular complexity index is 193. The van der Waals surface area contributed by atoms with Crippen LogP contribution in [0.3, 0.4) is 0 Å². The lowest BCUT2D eigenvalue weighted by Gasteiger charge is -2.21. The van der Waals surface area contributed by atoms with Gasteiger partial charge < -0.3 is 0 Å². The topological polar surface area (TPSA) is 30.7 Å². The molecule has 0 fully saturated rings. The van der Waals surface area contributed by atoms with Gasteiger partial charge in [0.05, 0.1) is 9.52 Å². The number of hydrogen-bond acceptors (Lipinski definition) is 2. The third-order valence-corrected chi connectivity index (χ3v) is 3.96. The Morgan fingerprint density at radius 1 is 1.50 bits per heavy atom. The zero-order valence-corrected chi connectivity index (χ0v) is 8.12. The standard InChI is InChI=1S/C6H13N3Si/c1-6(2,10-3)9-5-7-4-8-9/h4-5H,10H2,1-3H3. The molecule has 1 rings (SSSR count). The first-order valence-corrected chi connectivity index (χ1v) is 5.64. The van der Waals surface area contributed by atoms with Crippen LogP contribution in [-0.4, -0.2) is 24.3 Å². The maximum Gasteiger partial charge on any atom is 0.137 e. The van der Waals surface area contributed by atoms with Gasteiger partial charge in [-0.2, -0.15) is 5.10 Å². The summed E-state index contributed by atoms with van der Waals surface area (Å²) in [5.41, 5.74) is 0. The zero-order chi connectivity index (χ0) is 7.61. The van der Waals surface area contributed by atoms with Crippen LogP contribution in [0.5, 0.6) is 0 Å². The Morgan fingerprint density at radius 3 is 2.60 bits per heavy atom. The SMILES string of the molecule is C[SiH2]C(C)(C)n1cncn1. The van der Waals surface area contributed by atoms with E-state index in [9.17, 15) is 0 Å². The van der Waals surface area contributed by atoms with Gasteiger partial charge in [-0.15, -0.1) is 0 Å². The fraction of sp³-hybridized carbons (Fsp3) is 0.667. The van der Waals surface area contributed by atoms with Gasteiger partial charge >= 0.3 is 0 Å². The van der Waals surface area contributed by atoms with Crippen molar-refractivity contribution in [2.24, 2.45) is 0 Å². The van der Waals surface area contributed by atoms with E-state index in [1.165, 1.54) is 0 Å². The smallest absolute Gasteiger partial charge is 0.137 e. The van der Waals surface area contributed by atoms with E-state index >= 15 is 0 Å². The number of nitrogens with zero attached hydrogens (tertiary/aromatic N) is 3. The molecule has 0 amide bonds. The lowest BCUT2D eigenvalue weighted by atomic mass is 10.4. The molecule has 0 saturated carbocycles. The second-order valence-electron chi connectivity index (χ2n) is 3.01. The van der Waals surface area contributed by atoms with Gasteiger partial charge in [-0.25, -0.2) is 4.98 Å². The van der Waals surface area contributed by atoms with Gasteiger partial charge in [0.25, 0.3) is 0 Å². The van der Waals surface area contributed by atoms with Crippen LogP contribution in [0.15, 0.2) is 12.7 Å². The molecule has 56 valence electrons. The quantitative estimate of drug-likeness (QED) is 0.571. The van der Waals surface area contributed by atoms with E-state index in [1.54, 1.807) is 12.7 Å². The van der Waals surface area contributed by atoms with Gasteiger partial charge in [0.15, 0.2) is 0 Å². The second-order valence-corrected chi connectivity index (χ2v) is 5.44. The lowest BCUT2D eigenvalue weighted by Crippen LogP contribution is -2.31. The normalized spacial score (nSPS) is 13.1. The Balaban J connectivity index is 2.85. The summed E-state index contributed by atoms with van der Waals surface area (Å²) >= 11 is 0. The van der Waals surface area contributed by atoms with E-state index in [4.69, 9.17) is 0 Å². The maximum absolute atomic E-state index is 4.10. The molecular formula is C6H13N3Si. The summed E-state index contributed by atoms with van der Waals surface area (Å²) in [4.78, 5) is 3.91. The monoisotopic (exact) mass is 155 g/mol. The van der Waals surface area contributed by atoms with Crippen molar-refractivity contribution in [3.05, 3.63) is 12.7 Å². The molecule has 0 unspecified atom stereocenters. The fourth-order valence-corrected chi connectivity index (χ4v) is 1.17. The van der Waals surface area contributed by atoms with Crippen LogP contribution in [0.4, 0.5) is 0 Å². The first-order chi connectivity index (χ1) is 4.67. The van der Waals surface area contributed by atoms with Crippen LogP contribution in [0.2, 0.25) is 6.55 Å². The minimum absolute atomic E-state index is 0.0666. The summed E-state index contributed by atoms with van der Waals surface area (Å²) in [6, 6.07) is 0. The van der Waals surface area contributed by atoms with Crippen LogP contribution in [0.25, 0.3) is 0 Å². The molecule has 0 aliphatic rings. The highest BCUT2D eigenvalue weighted by atomic mass is 28.2. The number of hydrogen-bond donors (Lipinski definition) is 0. The molecule has 4 heteroatoms. The molecule has 0 aliphatic heterocycles. The Morgan fingerprint density at radius 2 is 2.20 bits per heavy atom. The molecule has 1 aromatic heterocycles. The van der Waals surface area contributed by atoms with Crippen LogP contribution >= 0.6 is 0 Å². The maximum atomic E-state index is 4.10. The van der Waals surface area contributed by atoms with E-state index in [0.29, 0.717) is 0 Å². The molecule has 1 aromatic rings. The first-order valence-electron chi connectivity index (χ1n) is 3.52. The van der Waals surface area contributed by atoms with Gasteiger partial charge in [0.2, 0.25) is 0 Å². The summed E-state index contributed by atoms with van der Waals surface area (Å²) < 4.78 is 1.94. The summed E-state index contributed by atoms with van der Waals surface area (Å²) in [6.45, 7) is 6.68. The highest BCUT2D eigenvalue weighted by molar-refractivity contribution is 6.36. The molecule has 0 spiro atoms. The molecule has 1 heterocycles. The van der Waals surface area contributed by atoms with Gasteiger partial charge in [0, 0.05) is 5.16 Å². The molecule has 0 saturated heterocycles. The van der Waals surface area contributed by atoms with Crippen molar-refractivity contribution in [2.75, 3.05) is 0 Å². The molecule has 0 atom stereocenters. The van der Waals surface area contributed by atoms with Gasteiger partial charge in [-0.1, -0.05) is 6.55 Å². The van der Waals surface area contributed by atoms with Crippen LogP contribution in [-0.2, 0) is 5.16 Å². The molecule has 0 radical (unpaired) electrons. The van der Waals surface area contributed by atoms with E-state index in [2.05, 4.69) is 30.5 Å². The molecule has 0 bridgehead atoms. The van der Waals surface area contributed by atoms with Crippen LogP contribution < -0.4 is 0 Å². The van der Waals surface area contributed by atoms with Crippen LogP contribution in [0, 0.1) is 0 Å². The van der Waals surface area contributed by atoms with Crippen molar-refractivity contribution in [1.82, 2.24) is 14.8 Å². The van der Waals surface area contributed by atoms with E-state index in [0.717, 1.165) is 0 Å². The van der Waals surface area contributed by atoms with E-state index in [1.807, 2.05) is 4.68 Å². The first kappa shape index (κ1) is 7.46. The lowest BCUT2D eigenvalue weighted by molar-refractivity contribution is 0.457. The minimum atomic E-state index is -0.0666. The molecule has 0 aliphatic carbocycles. The van der Waals surface area contributed by atoms with Crippen molar-refractivity contribution in [3.8, 4) is 0 Å². The third-order valence-electron chi connectivity index (χ3n) is 1.90. The Kier molecular flexibility index (Phi) is 1.89. The van der Waals surface area contributed by atoms with E-state index < -0.39 is 0 Å². The van der Waals surface area contributed by atoms with Crippen molar-refractivity contribution in [3.63, 3.8) is 0 Å². The number of rotatable bonds is 2. The number of aromatic nitrogens is 3. The molecule has 0 aromatic carbocycles. The summed E-state index contributed by atoms with van der Waals surface area (Å²) in [6.07, 6.45) is 3.38. The summed E-state index contributed by atoms with van der Waals surface area (Å²) in [7, 11) is -0.0666. The third kappa shape index (κ3) is 1.26. The minimum Gasteiger partial charge on any atom is -0.251 e. The van der Waals surface area contributed by atoms with Gasteiger partial charge in [0.1, 0.15) is 12.7 Å². The Hall–Kier alpha value is -0.643. The average molecular weight is 155 g/mol. The second kappa shape index (κ2) is 2.54. The Labute approximate surface area is 63.3 Å². The molecule has 10 heavy (non-hydrogen) atoms. The van der Waals surface area contributed by atoms with Crippen LogP contribution in [0.1, 0.15) is 13.8 Å². The molecule has 3 nitrogen and oxygen atoms in total. The van der Waals surface area contributed by atoms with Crippen molar-refractivity contribution in [1.29, 1.82) is 0 Å². The van der Waals surface area contributed by atoms with Crippen molar-refractivity contribution >= 4 is 9.52 Å². The zero-order valence-electron chi connectivity index (χ0n) is 6.70. The molecular weight excluding hydrogens is 142 g/mol. The fourth-order valence-electron chi connectivity index (χ4n) is 0.683. The summed E-state index contributed by atoms with van der Waals surface area (Å²) in [5, 5.41) is 4.35. The highest BCUT2D eigenvalue weighted by Gasteiger charge is 2.17. The molecule has 0 N–H and O–H groups in total. The summed E-state index contributed by atoms with van der Waals surface area (Å²) in [5.74, 6) is 0. The van der Waals surface area contributed by atoms with E-state index in [-0.39, 0.29) is 14.7 Å². The predicted molar refractivity (Wildman–Crippen MR) is 43.8 cm³/mol. The van der Waals surface area contributed by atoms with Gasteiger partial charge in [-0.05, 0) is 13.8 Å². The van der Waals surface area contributed by atoms with Crippen molar-refractivity contribution in [2.45, 2.75) is 25.6 Å². The van der Waals surface area contributed by atoms with Crippen molar-refractivity contribution < 1.29 is 0 Å². The predicted octanol–water partition coefficient (Wildman–Crippen LogP) is 0.188.